The average molecular weight is 233 g/mol. The molecule has 1 aliphatic heterocycles. The van der Waals surface area contributed by atoms with Crippen molar-refractivity contribution in [3.63, 3.8) is 0 Å². The zero-order valence-corrected chi connectivity index (χ0v) is 10.2. The molecule has 3 nitrogen and oxygen atoms in total. The molecule has 0 radical (unpaired) electrons. The molecule has 0 amide bonds. The maximum Gasteiger partial charge on any atom is 0.120 e. The SMILES string of the molecule is CC(CC=O)c1cc(N2CCCC2)ccc1O. The van der Waals surface area contributed by atoms with E-state index < -0.39 is 0 Å². The molecule has 17 heavy (non-hydrogen) atoms. The highest BCUT2D eigenvalue weighted by atomic mass is 16.3. The highest BCUT2D eigenvalue weighted by Crippen LogP contribution is 2.32. The van der Waals surface area contributed by atoms with Crippen LogP contribution in [0.15, 0.2) is 18.2 Å². The Kier molecular flexibility index (Phi) is 3.67. The minimum absolute atomic E-state index is 0.0788. The third-order valence-corrected chi connectivity index (χ3v) is 3.46. The first-order valence-electron chi connectivity index (χ1n) is 6.24. The fourth-order valence-electron chi connectivity index (χ4n) is 2.38. The van der Waals surface area contributed by atoms with Gasteiger partial charge in [0, 0.05) is 25.2 Å². The van der Waals surface area contributed by atoms with Crippen molar-refractivity contribution in [3.05, 3.63) is 23.8 Å². The minimum atomic E-state index is 0.0788. The van der Waals surface area contributed by atoms with E-state index in [0.717, 1.165) is 30.6 Å². The number of carbonyl (C=O) groups excluding carboxylic acids is 1. The van der Waals surface area contributed by atoms with Gasteiger partial charge in [-0.25, -0.2) is 0 Å². The van der Waals surface area contributed by atoms with E-state index in [2.05, 4.69) is 4.90 Å². The van der Waals surface area contributed by atoms with Gasteiger partial charge in [0.05, 0.1) is 0 Å². The molecule has 1 saturated heterocycles. The predicted octanol–water partition coefficient (Wildman–Crippen LogP) is 2.68. The van der Waals surface area contributed by atoms with Crippen LogP contribution in [0.3, 0.4) is 0 Å². The smallest absolute Gasteiger partial charge is 0.120 e. The summed E-state index contributed by atoms with van der Waals surface area (Å²) in [6, 6.07) is 5.72. The first-order valence-corrected chi connectivity index (χ1v) is 6.24. The number of carbonyl (C=O) groups is 1. The van der Waals surface area contributed by atoms with Crippen LogP contribution in [0.4, 0.5) is 5.69 Å². The molecule has 0 aliphatic carbocycles. The number of aldehydes is 1. The molecule has 1 atom stereocenters. The number of benzene rings is 1. The Morgan fingerprint density at radius 1 is 1.41 bits per heavy atom. The van der Waals surface area contributed by atoms with Gasteiger partial charge >= 0.3 is 0 Å². The van der Waals surface area contributed by atoms with Crippen molar-refractivity contribution in [3.8, 4) is 5.75 Å². The lowest BCUT2D eigenvalue weighted by molar-refractivity contribution is -0.108. The molecular weight excluding hydrogens is 214 g/mol. The van der Waals surface area contributed by atoms with Crippen LogP contribution in [0.5, 0.6) is 5.75 Å². The van der Waals surface area contributed by atoms with Gasteiger partial charge in [-0.2, -0.15) is 0 Å². The second-order valence-electron chi connectivity index (χ2n) is 4.74. The number of rotatable bonds is 4. The van der Waals surface area contributed by atoms with E-state index in [0.29, 0.717) is 12.2 Å². The predicted molar refractivity (Wildman–Crippen MR) is 68.6 cm³/mol. The van der Waals surface area contributed by atoms with Crippen molar-refractivity contribution in [2.75, 3.05) is 18.0 Å². The van der Waals surface area contributed by atoms with E-state index >= 15 is 0 Å². The first-order chi connectivity index (χ1) is 8.22. The lowest BCUT2D eigenvalue weighted by Gasteiger charge is -2.20. The largest absolute Gasteiger partial charge is 0.508 e. The van der Waals surface area contributed by atoms with Crippen LogP contribution in [0.25, 0.3) is 0 Å². The molecule has 0 bridgehead atoms. The molecule has 0 aromatic heterocycles. The highest BCUT2D eigenvalue weighted by molar-refractivity contribution is 5.57. The second kappa shape index (κ2) is 5.21. The summed E-state index contributed by atoms with van der Waals surface area (Å²) in [7, 11) is 0. The molecule has 1 aliphatic rings. The van der Waals surface area contributed by atoms with Crippen LogP contribution in [-0.2, 0) is 4.79 Å². The van der Waals surface area contributed by atoms with Gasteiger partial charge in [0.25, 0.3) is 0 Å². The van der Waals surface area contributed by atoms with Crippen molar-refractivity contribution in [2.24, 2.45) is 0 Å². The van der Waals surface area contributed by atoms with Crippen LogP contribution in [-0.4, -0.2) is 24.5 Å². The van der Waals surface area contributed by atoms with Crippen molar-refractivity contribution in [1.29, 1.82) is 0 Å². The molecule has 92 valence electrons. The van der Waals surface area contributed by atoms with Crippen molar-refractivity contribution in [2.45, 2.75) is 32.1 Å². The zero-order valence-electron chi connectivity index (χ0n) is 10.2. The number of hydrogen-bond acceptors (Lipinski definition) is 3. The lowest BCUT2D eigenvalue weighted by Crippen LogP contribution is -2.17. The second-order valence-corrected chi connectivity index (χ2v) is 4.74. The number of anilines is 1. The molecule has 3 heteroatoms. The first kappa shape index (κ1) is 12.0. The number of hydrogen-bond donors (Lipinski definition) is 1. The number of phenols is 1. The summed E-state index contributed by atoms with van der Waals surface area (Å²) in [5, 5.41) is 9.84. The van der Waals surface area contributed by atoms with Gasteiger partial charge in [0.1, 0.15) is 12.0 Å². The van der Waals surface area contributed by atoms with Gasteiger partial charge in [0.2, 0.25) is 0 Å². The Morgan fingerprint density at radius 3 is 2.76 bits per heavy atom. The molecule has 1 aromatic carbocycles. The molecule has 1 aromatic rings. The number of aromatic hydroxyl groups is 1. The van der Waals surface area contributed by atoms with E-state index in [4.69, 9.17) is 0 Å². The van der Waals surface area contributed by atoms with Gasteiger partial charge in [-0.15, -0.1) is 0 Å². The maximum atomic E-state index is 10.5. The number of nitrogens with zero attached hydrogens (tertiary/aromatic N) is 1. The summed E-state index contributed by atoms with van der Waals surface area (Å²) in [6.45, 7) is 4.15. The molecule has 1 fully saturated rings. The quantitative estimate of drug-likeness (QED) is 0.813. The molecule has 1 unspecified atom stereocenters. The van der Waals surface area contributed by atoms with Crippen LogP contribution in [0, 0.1) is 0 Å². The van der Waals surface area contributed by atoms with E-state index in [-0.39, 0.29) is 5.92 Å². The molecule has 0 spiro atoms. The molecular formula is C14H19NO2. The van der Waals surface area contributed by atoms with E-state index in [1.54, 1.807) is 6.07 Å². The fraction of sp³-hybridized carbons (Fsp3) is 0.500. The van der Waals surface area contributed by atoms with Crippen LogP contribution >= 0.6 is 0 Å². The molecule has 0 saturated carbocycles. The Bertz CT molecular complexity index is 397. The van der Waals surface area contributed by atoms with Crippen LogP contribution in [0.1, 0.15) is 37.7 Å². The van der Waals surface area contributed by atoms with Gasteiger partial charge in [-0.3, -0.25) is 0 Å². The highest BCUT2D eigenvalue weighted by Gasteiger charge is 2.16. The van der Waals surface area contributed by atoms with Crippen molar-refractivity contribution < 1.29 is 9.90 Å². The van der Waals surface area contributed by atoms with Gasteiger partial charge < -0.3 is 14.8 Å². The average Bonchev–Trinajstić information content (AvgIpc) is 2.83. The summed E-state index contributed by atoms with van der Waals surface area (Å²) >= 11 is 0. The van der Waals surface area contributed by atoms with Crippen LogP contribution < -0.4 is 4.90 Å². The van der Waals surface area contributed by atoms with E-state index in [1.165, 1.54) is 12.8 Å². The summed E-state index contributed by atoms with van der Waals surface area (Å²) < 4.78 is 0. The zero-order chi connectivity index (χ0) is 12.3. The summed E-state index contributed by atoms with van der Waals surface area (Å²) in [5.74, 6) is 0.373. The Labute approximate surface area is 102 Å². The van der Waals surface area contributed by atoms with E-state index in [1.807, 2.05) is 19.1 Å². The Hall–Kier alpha value is -1.51. The Morgan fingerprint density at radius 2 is 2.12 bits per heavy atom. The number of phenolic OH excluding ortho intramolecular Hbond substituents is 1. The summed E-state index contributed by atoms with van der Waals surface area (Å²) in [4.78, 5) is 12.9. The summed E-state index contributed by atoms with van der Waals surface area (Å²) in [6.07, 6.45) is 3.84. The molecule has 2 rings (SSSR count). The Balaban J connectivity index is 2.24. The monoisotopic (exact) mass is 233 g/mol. The third-order valence-electron chi connectivity index (χ3n) is 3.46. The van der Waals surface area contributed by atoms with Gasteiger partial charge in [-0.1, -0.05) is 6.92 Å². The van der Waals surface area contributed by atoms with Crippen LogP contribution in [0.2, 0.25) is 0 Å². The standard InChI is InChI=1S/C14H19NO2/c1-11(6-9-16)13-10-12(4-5-14(13)17)15-7-2-3-8-15/h4-5,9-11,17H,2-3,6-8H2,1H3. The topological polar surface area (TPSA) is 40.5 Å². The van der Waals surface area contributed by atoms with E-state index in [9.17, 15) is 9.90 Å². The normalized spacial score (nSPS) is 17.1. The van der Waals surface area contributed by atoms with Crippen molar-refractivity contribution >= 4 is 12.0 Å². The van der Waals surface area contributed by atoms with Gasteiger partial charge in [-0.05, 0) is 42.5 Å². The third kappa shape index (κ3) is 2.60. The summed E-state index contributed by atoms with van der Waals surface area (Å²) in [5.41, 5.74) is 2.04. The van der Waals surface area contributed by atoms with Gasteiger partial charge in [0.15, 0.2) is 0 Å². The molecule has 1 N–H and O–H groups in total. The maximum absolute atomic E-state index is 10.5. The minimum Gasteiger partial charge on any atom is -0.508 e. The van der Waals surface area contributed by atoms with Crippen molar-refractivity contribution in [1.82, 2.24) is 0 Å². The lowest BCUT2D eigenvalue weighted by atomic mass is 9.97. The fourth-order valence-corrected chi connectivity index (χ4v) is 2.38. The molecule has 1 heterocycles.